The van der Waals surface area contributed by atoms with Crippen LogP contribution in [0.2, 0.25) is 0 Å². The van der Waals surface area contributed by atoms with E-state index in [9.17, 15) is 14.4 Å². The average molecular weight is 355 g/mol. The second-order valence-corrected chi connectivity index (χ2v) is 6.13. The predicted molar refractivity (Wildman–Crippen MR) is 94.5 cm³/mol. The van der Waals surface area contributed by atoms with Gasteiger partial charge in [0.1, 0.15) is 0 Å². The van der Waals surface area contributed by atoms with Gasteiger partial charge >= 0.3 is 0 Å². The maximum Gasteiger partial charge on any atom is 0.287 e. The zero-order valence-corrected chi connectivity index (χ0v) is 14.4. The van der Waals surface area contributed by atoms with E-state index in [1.165, 1.54) is 12.3 Å². The Kier molecular flexibility index (Phi) is 5.68. The highest BCUT2D eigenvalue weighted by Crippen LogP contribution is 2.13. The van der Waals surface area contributed by atoms with Crippen molar-refractivity contribution in [1.82, 2.24) is 15.5 Å². The zero-order chi connectivity index (χ0) is 18.4. The Labute approximate surface area is 151 Å². The standard InChI is InChI=1S/C19H21N3O4/c23-17(13-21-18(24)16-4-3-11-26-16)20-12-14-5-7-15(8-6-14)19(25)22-9-1-2-10-22/h3-8,11H,1-2,9-10,12-13H2,(H,20,23)(H,21,24). The van der Waals surface area contributed by atoms with E-state index in [4.69, 9.17) is 4.42 Å². The third-order valence-electron chi connectivity index (χ3n) is 4.24. The van der Waals surface area contributed by atoms with Gasteiger partial charge in [-0.3, -0.25) is 14.4 Å². The Balaban J connectivity index is 1.43. The Morgan fingerprint density at radius 1 is 1.00 bits per heavy atom. The van der Waals surface area contributed by atoms with E-state index >= 15 is 0 Å². The number of carbonyl (C=O) groups is 3. The molecular weight excluding hydrogens is 334 g/mol. The van der Waals surface area contributed by atoms with Crippen molar-refractivity contribution in [2.75, 3.05) is 19.6 Å². The molecule has 0 atom stereocenters. The van der Waals surface area contributed by atoms with Gasteiger partial charge in [-0.2, -0.15) is 0 Å². The molecule has 2 heterocycles. The van der Waals surface area contributed by atoms with E-state index in [1.54, 1.807) is 18.2 Å². The molecule has 0 spiro atoms. The number of nitrogens with zero attached hydrogens (tertiary/aromatic N) is 1. The summed E-state index contributed by atoms with van der Waals surface area (Å²) in [6.07, 6.45) is 3.52. The lowest BCUT2D eigenvalue weighted by molar-refractivity contribution is -0.120. The van der Waals surface area contributed by atoms with Crippen molar-refractivity contribution in [3.05, 3.63) is 59.5 Å². The number of rotatable bonds is 6. The fraction of sp³-hybridized carbons (Fsp3) is 0.316. The Morgan fingerprint density at radius 3 is 2.38 bits per heavy atom. The van der Waals surface area contributed by atoms with Crippen molar-refractivity contribution in [3.63, 3.8) is 0 Å². The number of carbonyl (C=O) groups excluding carboxylic acids is 3. The summed E-state index contributed by atoms with van der Waals surface area (Å²) in [4.78, 5) is 37.6. The topological polar surface area (TPSA) is 91.6 Å². The molecule has 0 saturated carbocycles. The molecule has 2 aromatic rings. The first kappa shape index (κ1) is 17.7. The first-order valence-corrected chi connectivity index (χ1v) is 8.60. The van der Waals surface area contributed by atoms with E-state index in [-0.39, 0.29) is 24.1 Å². The third kappa shape index (κ3) is 4.50. The summed E-state index contributed by atoms with van der Waals surface area (Å²) >= 11 is 0. The molecule has 7 nitrogen and oxygen atoms in total. The molecule has 0 aliphatic carbocycles. The summed E-state index contributed by atoms with van der Waals surface area (Å²) in [5.74, 6) is -0.521. The van der Waals surface area contributed by atoms with E-state index in [0.717, 1.165) is 31.5 Å². The average Bonchev–Trinajstić information content (AvgIpc) is 3.38. The summed E-state index contributed by atoms with van der Waals surface area (Å²) in [7, 11) is 0. The summed E-state index contributed by atoms with van der Waals surface area (Å²) in [5, 5.41) is 5.21. The molecular formula is C19H21N3O4. The van der Waals surface area contributed by atoms with Gasteiger partial charge in [0.05, 0.1) is 12.8 Å². The van der Waals surface area contributed by atoms with Crippen LogP contribution in [-0.2, 0) is 11.3 Å². The highest BCUT2D eigenvalue weighted by Gasteiger charge is 2.19. The molecule has 1 aliphatic heterocycles. The van der Waals surface area contributed by atoms with Gasteiger partial charge in [-0.25, -0.2) is 0 Å². The zero-order valence-electron chi connectivity index (χ0n) is 14.4. The summed E-state index contributed by atoms with van der Waals surface area (Å²) in [6.45, 7) is 1.83. The van der Waals surface area contributed by atoms with Crippen molar-refractivity contribution in [2.45, 2.75) is 19.4 Å². The molecule has 1 aromatic heterocycles. The van der Waals surface area contributed by atoms with Crippen molar-refractivity contribution in [3.8, 4) is 0 Å². The number of hydrogen-bond donors (Lipinski definition) is 2. The van der Waals surface area contributed by atoms with Crippen LogP contribution in [0.1, 0.15) is 39.3 Å². The van der Waals surface area contributed by atoms with Crippen LogP contribution in [0, 0.1) is 0 Å². The van der Waals surface area contributed by atoms with Crippen LogP contribution in [0.5, 0.6) is 0 Å². The molecule has 7 heteroatoms. The molecule has 0 unspecified atom stereocenters. The molecule has 1 saturated heterocycles. The molecule has 3 amide bonds. The van der Waals surface area contributed by atoms with Gasteiger partial charge < -0.3 is 20.0 Å². The first-order valence-electron chi connectivity index (χ1n) is 8.60. The van der Waals surface area contributed by atoms with Gasteiger partial charge in [0, 0.05) is 25.2 Å². The van der Waals surface area contributed by atoms with Gasteiger partial charge in [0.15, 0.2) is 5.76 Å². The largest absolute Gasteiger partial charge is 0.459 e. The Hall–Kier alpha value is -3.09. The molecule has 0 bridgehead atoms. The van der Waals surface area contributed by atoms with Crippen molar-refractivity contribution in [2.24, 2.45) is 0 Å². The number of hydrogen-bond acceptors (Lipinski definition) is 4. The van der Waals surface area contributed by atoms with Gasteiger partial charge in [-0.15, -0.1) is 0 Å². The van der Waals surface area contributed by atoms with Crippen LogP contribution in [0.15, 0.2) is 47.1 Å². The second-order valence-electron chi connectivity index (χ2n) is 6.13. The fourth-order valence-electron chi connectivity index (χ4n) is 2.79. The molecule has 3 rings (SSSR count). The highest BCUT2D eigenvalue weighted by molar-refractivity contribution is 5.95. The number of benzene rings is 1. The lowest BCUT2D eigenvalue weighted by atomic mass is 10.1. The van der Waals surface area contributed by atoms with Gasteiger partial charge in [0.2, 0.25) is 5.91 Å². The fourth-order valence-corrected chi connectivity index (χ4v) is 2.79. The summed E-state index contributed by atoms with van der Waals surface area (Å²) in [5.41, 5.74) is 1.54. The summed E-state index contributed by atoms with van der Waals surface area (Å²) < 4.78 is 4.95. The van der Waals surface area contributed by atoms with Crippen molar-refractivity contribution >= 4 is 17.7 Å². The number of amides is 3. The number of nitrogens with one attached hydrogen (secondary N) is 2. The Morgan fingerprint density at radius 2 is 1.73 bits per heavy atom. The molecule has 2 N–H and O–H groups in total. The molecule has 26 heavy (non-hydrogen) atoms. The van der Waals surface area contributed by atoms with Gasteiger partial charge in [0.25, 0.3) is 11.8 Å². The second kappa shape index (κ2) is 8.33. The highest BCUT2D eigenvalue weighted by atomic mass is 16.3. The predicted octanol–water partition coefficient (Wildman–Crippen LogP) is 1.56. The van der Waals surface area contributed by atoms with Crippen LogP contribution in [0.25, 0.3) is 0 Å². The van der Waals surface area contributed by atoms with Crippen LogP contribution in [0.3, 0.4) is 0 Å². The third-order valence-corrected chi connectivity index (χ3v) is 4.24. The Bertz CT molecular complexity index is 763. The quantitative estimate of drug-likeness (QED) is 0.823. The lowest BCUT2D eigenvalue weighted by Crippen LogP contribution is -2.36. The lowest BCUT2D eigenvalue weighted by Gasteiger charge is -2.15. The molecule has 0 radical (unpaired) electrons. The maximum atomic E-state index is 12.3. The molecule has 1 aromatic carbocycles. The maximum absolute atomic E-state index is 12.3. The first-order chi connectivity index (χ1) is 12.6. The van der Waals surface area contributed by atoms with Crippen molar-refractivity contribution in [1.29, 1.82) is 0 Å². The SMILES string of the molecule is O=C(CNC(=O)c1ccco1)NCc1ccc(C(=O)N2CCCC2)cc1. The van der Waals surface area contributed by atoms with E-state index < -0.39 is 5.91 Å². The normalized spacial score (nSPS) is 13.5. The van der Waals surface area contributed by atoms with E-state index in [0.29, 0.717) is 12.1 Å². The number of likely N-dealkylation sites (tertiary alicyclic amines) is 1. The monoisotopic (exact) mass is 355 g/mol. The summed E-state index contributed by atoms with van der Waals surface area (Å²) in [6, 6.07) is 10.3. The number of furan rings is 1. The van der Waals surface area contributed by atoms with Crippen LogP contribution >= 0.6 is 0 Å². The van der Waals surface area contributed by atoms with Gasteiger partial charge in [-0.05, 0) is 42.7 Å². The van der Waals surface area contributed by atoms with E-state index in [2.05, 4.69) is 10.6 Å². The molecule has 1 aliphatic rings. The minimum absolute atomic E-state index is 0.0544. The molecule has 1 fully saturated rings. The van der Waals surface area contributed by atoms with Crippen LogP contribution < -0.4 is 10.6 Å². The smallest absolute Gasteiger partial charge is 0.287 e. The van der Waals surface area contributed by atoms with Gasteiger partial charge in [-0.1, -0.05) is 12.1 Å². The van der Waals surface area contributed by atoms with E-state index in [1.807, 2.05) is 17.0 Å². The van der Waals surface area contributed by atoms with Crippen LogP contribution in [-0.4, -0.2) is 42.3 Å². The minimum atomic E-state index is -0.435. The van der Waals surface area contributed by atoms with Crippen LogP contribution in [0.4, 0.5) is 0 Å². The van der Waals surface area contributed by atoms with Crippen molar-refractivity contribution < 1.29 is 18.8 Å². The molecule has 136 valence electrons. The minimum Gasteiger partial charge on any atom is -0.459 e.